The van der Waals surface area contributed by atoms with E-state index in [1.54, 1.807) is 13.1 Å². The van der Waals surface area contributed by atoms with Crippen molar-refractivity contribution < 1.29 is 0 Å². The maximum atomic E-state index is 11.8. The number of hydrogen-bond acceptors (Lipinski definition) is 2. The average molecular weight is 462 g/mol. The third-order valence-corrected chi connectivity index (χ3v) is 4.22. The molecule has 1 rings (SSSR count). The van der Waals surface area contributed by atoms with Crippen molar-refractivity contribution >= 4 is 29.9 Å². The lowest BCUT2D eigenvalue weighted by Crippen LogP contribution is -2.42. The number of rotatable bonds is 10. The predicted molar refractivity (Wildman–Crippen MR) is 118 cm³/mol. The molecule has 0 radical (unpaired) electrons. The number of hydrogen-bond donors (Lipinski definition) is 2. The largest absolute Gasteiger partial charge is 0.356 e. The summed E-state index contributed by atoms with van der Waals surface area (Å²) < 4.78 is 1.84. The number of aliphatic imine (C=N–C) groups is 1. The minimum atomic E-state index is 0. The van der Waals surface area contributed by atoms with E-state index in [-0.39, 0.29) is 29.5 Å². The molecule has 0 aliphatic carbocycles. The van der Waals surface area contributed by atoms with Crippen LogP contribution >= 0.6 is 24.0 Å². The van der Waals surface area contributed by atoms with E-state index < -0.39 is 0 Å². The zero-order valence-electron chi connectivity index (χ0n) is 16.2. The summed E-state index contributed by atoms with van der Waals surface area (Å²) in [5.74, 6) is 0.868. The monoisotopic (exact) mass is 462 g/mol. The molecule has 0 aromatic carbocycles. The Balaban J connectivity index is 0.00000576. The van der Waals surface area contributed by atoms with Gasteiger partial charge in [-0.2, -0.15) is 0 Å². The molecule has 1 aromatic heterocycles. The molecule has 5 nitrogen and oxygen atoms in total. The van der Waals surface area contributed by atoms with Crippen molar-refractivity contribution in [1.29, 1.82) is 0 Å². The highest BCUT2D eigenvalue weighted by Gasteiger charge is 2.04. The van der Waals surface area contributed by atoms with E-state index >= 15 is 0 Å². The first-order valence-electron chi connectivity index (χ1n) is 9.22. The number of guanidine groups is 1. The van der Waals surface area contributed by atoms with Crippen LogP contribution in [0, 0.1) is 6.92 Å². The second-order valence-corrected chi connectivity index (χ2v) is 6.40. The molecule has 0 aliphatic heterocycles. The van der Waals surface area contributed by atoms with Gasteiger partial charge in [0.15, 0.2) is 5.96 Å². The van der Waals surface area contributed by atoms with Crippen LogP contribution in [0.25, 0.3) is 0 Å². The SMILES string of the molecule is CCCCCC(C)NC(=NC)NCCCCn1c(C)cccc1=O.I. The first-order chi connectivity index (χ1) is 11.6. The molecule has 0 spiro atoms. The van der Waals surface area contributed by atoms with Crippen LogP contribution in [0.15, 0.2) is 28.0 Å². The molecule has 1 aromatic rings. The standard InChI is InChI=1S/C19H34N4O.HI/c1-5-6-7-11-16(2)22-19(20-4)21-14-8-9-15-23-17(3)12-10-13-18(23)24;/h10,12-13,16H,5-9,11,14-15H2,1-4H3,(H2,20,21,22);1H. The minimum Gasteiger partial charge on any atom is -0.356 e. The van der Waals surface area contributed by atoms with Crippen LogP contribution in [-0.2, 0) is 6.54 Å². The first-order valence-corrected chi connectivity index (χ1v) is 9.22. The fourth-order valence-electron chi connectivity index (χ4n) is 2.71. The molecule has 1 atom stereocenters. The summed E-state index contributed by atoms with van der Waals surface area (Å²) in [5.41, 5.74) is 1.11. The number of nitrogens with one attached hydrogen (secondary N) is 2. The summed E-state index contributed by atoms with van der Waals surface area (Å²) in [6.45, 7) is 8.04. The summed E-state index contributed by atoms with van der Waals surface area (Å²) in [7, 11) is 1.81. The van der Waals surface area contributed by atoms with Crippen molar-refractivity contribution in [2.24, 2.45) is 4.99 Å². The Kier molecular flexibility index (Phi) is 13.6. The molecule has 144 valence electrons. The molecular weight excluding hydrogens is 427 g/mol. The minimum absolute atomic E-state index is 0. The second kappa shape index (κ2) is 14.2. The molecule has 25 heavy (non-hydrogen) atoms. The maximum absolute atomic E-state index is 11.8. The second-order valence-electron chi connectivity index (χ2n) is 6.40. The Morgan fingerprint density at radius 3 is 2.64 bits per heavy atom. The Morgan fingerprint density at radius 2 is 2.00 bits per heavy atom. The topological polar surface area (TPSA) is 58.4 Å². The Labute approximate surface area is 169 Å². The van der Waals surface area contributed by atoms with Gasteiger partial charge in [-0.3, -0.25) is 9.79 Å². The first kappa shape index (κ1) is 23.9. The van der Waals surface area contributed by atoms with Crippen LogP contribution in [0.1, 0.15) is 58.1 Å². The van der Waals surface area contributed by atoms with Crippen LogP contribution in [0.5, 0.6) is 0 Å². The van der Waals surface area contributed by atoms with Gasteiger partial charge in [0.2, 0.25) is 0 Å². The number of nitrogens with zero attached hydrogens (tertiary/aromatic N) is 2. The van der Waals surface area contributed by atoms with Crippen molar-refractivity contribution in [3.8, 4) is 0 Å². The highest BCUT2D eigenvalue weighted by Crippen LogP contribution is 2.02. The molecule has 0 saturated carbocycles. The van der Waals surface area contributed by atoms with Gasteiger partial charge in [-0.05, 0) is 39.2 Å². The molecule has 6 heteroatoms. The average Bonchev–Trinajstić information content (AvgIpc) is 2.56. The summed E-state index contributed by atoms with van der Waals surface area (Å²) in [6, 6.07) is 5.85. The highest BCUT2D eigenvalue weighted by molar-refractivity contribution is 14.0. The van der Waals surface area contributed by atoms with E-state index in [4.69, 9.17) is 0 Å². The van der Waals surface area contributed by atoms with E-state index in [2.05, 4.69) is 29.5 Å². The van der Waals surface area contributed by atoms with Gasteiger partial charge in [0.05, 0.1) is 0 Å². The summed E-state index contributed by atoms with van der Waals surface area (Å²) in [5, 5.41) is 6.79. The highest BCUT2D eigenvalue weighted by atomic mass is 127. The van der Waals surface area contributed by atoms with Gasteiger partial charge in [-0.25, -0.2) is 0 Å². The lowest BCUT2D eigenvalue weighted by Gasteiger charge is -2.18. The van der Waals surface area contributed by atoms with Crippen LogP contribution in [-0.4, -0.2) is 30.2 Å². The van der Waals surface area contributed by atoms with E-state index in [0.717, 1.165) is 37.6 Å². The lowest BCUT2D eigenvalue weighted by atomic mass is 10.1. The molecule has 2 N–H and O–H groups in total. The van der Waals surface area contributed by atoms with Crippen molar-refractivity contribution in [1.82, 2.24) is 15.2 Å². The van der Waals surface area contributed by atoms with Gasteiger partial charge < -0.3 is 15.2 Å². The summed E-state index contributed by atoms with van der Waals surface area (Å²) in [4.78, 5) is 16.1. The summed E-state index contributed by atoms with van der Waals surface area (Å²) >= 11 is 0. The van der Waals surface area contributed by atoms with Crippen molar-refractivity contribution in [3.63, 3.8) is 0 Å². The Bertz CT molecular complexity index is 557. The zero-order valence-corrected chi connectivity index (χ0v) is 18.5. The number of halogens is 1. The van der Waals surface area contributed by atoms with Gasteiger partial charge >= 0.3 is 0 Å². The van der Waals surface area contributed by atoms with Gasteiger partial charge in [-0.15, -0.1) is 24.0 Å². The predicted octanol–water partition coefficient (Wildman–Crippen LogP) is 3.69. The zero-order chi connectivity index (χ0) is 17.8. The molecule has 0 aliphatic rings. The molecule has 1 unspecified atom stereocenters. The van der Waals surface area contributed by atoms with E-state index in [9.17, 15) is 4.79 Å². The molecule has 0 bridgehead atoms. The van der Waals surface area contributed by atoms with Crippen LogP contribution in [0.4, 0.5) is 0 Å². The van der Waals surface area contributed by atoms with E-state index in [1.807, 2.05) is 23.6 Å². The smallest absolute Gasteiger partial charge is 0.250 e. The van der Waals surface area contributed by atoms with Gasteiger partial charge in [0.25, 0.3) is 5.56 Å². The molecule has 0 fully saturated rings. The van der Waals surface area contributed by atoms with Crippen LogP contribution in [0.3, 0.4) is 0 Å². The molecule has 1 heterocycles. The van der Waals surface area contributed by atoms with Gasteiger partial charge in [-0.1, -0.05) is 32.3 Å². The third-order valence-electron chi connectivity index (χ3n) is 4.22. The number of aromatic nitrogens is 1. The molecule has 0 saturated heterocycles. The quantitative estimate of drug-likeness (QED) is 0.241. The maximum Gasteiger partial charge on any atom is 0.250 e. The molecular formula is C19H35IN4O. The number of pyridine rings is 1. The number of unbranched alkanes of at least 4 members (excludes halogenated alkanes) is 3. The lowest BCUT2D eigenvalue weighted by molar-refractivity contribution is 0.541. The third kappa shape index (κ3) is 9.87. The van der Waals surface area contributed by atoms with Crippen LogP contribution < -0.4 is 16.2 Å². The van der Waals surface area contributed by atoms with E-state index in [0.29, 0.717) is 6.04 Å². The van der Waals surface area contributed by atoms with Crippen molar-refractivity contribution in [2.45, 2.75) is 71.9 Å². The Hall–Kier alpha value is -1.05. The Morgan fingerprint density at radius 1 is 1.24 bits per heavy atom. The molecule has 0 amide bonds. The van der Waals surface area contributed by atoms with Crippen molar-refractivity contribution in [2.75, 3.05) is 13.6 Å². The summed E-state index contributed by atoms with van der Waals surface area (Å²) in [6.07, 6.45) is 6.95. The fraction of sp³-hybridized carbons (Fsp3) is 0.684. The fourth-order valence-corrected chi connectivity index (χ4v) is 2.71. The number of aryl methyl sites for hydroxylation is 1. The van der Waals surface area contributed by atoms with Crippen LogP contribution in [0.2, 0.25) is 0 Å². The van der Waals surface area contributed by atoms with E-state index in [1.165, 1.54) is 25.7 Å². The van der Waals surface area contributed by atoms with Gasteiger partial charge in [0.1, 0.15) is 0 Å². The van der Waals surface area contributed by atoms with Gasteiger partial charge in [0, 0.05) is 37.9 Å². The van der Waals surface area contributed by atoms with Crippen molar-refractivity contribution in [3.05, 3.63) is 34.2 Å². The normalized spacial score (nSPS) is 12.4.